The maximum atomic E-state index is 5.80. The van der Waals surface area contributed by atoms with Gasteiger partial charge in [-0.25, -0.2) is 15.0 Å². The van der Waals surface area contributed by atoms with Gasteiger partial charge in [-0.3, -0.25) is 8.80 Å². The second-order valence-electron chi connectivity index (χ2n) is 14.5. The summed E-state index contributed by atoms with van der Waals surface area (Å²) in [6, 6.07) is 58.3. The molecule has 0 aliphatic carbocycles. The molecule has 0 aliphatic rings. The lowest BCUT2D eigenvalue weighted by atomic mass is 9.89. The van der Waals surface area contributed by atoms with E-state index >= 15 is 0 Å². The first kappa shape index (κ1) is 36.1. The van der Waals surface area contributed by atoms with Crippen LogP contribution in [-0.4, -0.2) is 9.28 Å². The van der Waals surface area contributed by atoms with Crippen molar-refractivity contribution in [2.75, 3.05) is 0 Å². The Hall–Kier alpha value is -6.24. The number of hydrogen-bond acceptors (Lipinski definition) is 1. The average molecular weight is 811 g/mol. The van der Waals surface area contributed by atoms with E-state index in [0.717, 1.165) is 99.9 Å². The lowest BCUT2D eigenvalue weighted by molar-refractivity contribution is -0.459. The highest BCUT2D eigenvalue weighted by Crippen LogP contribution is 2.44. The van der Waals surface area contributed by atoms with Gasteiger partial charge < -0.3 is 0 Å². The van der Waals surface area contributed by atoms with Crippen LogP contribution in [0.1, 0.15) is 11.1 Å². The molecule has 6 aromatic carbocycles. The Morgan fingerprint density at radius 3 is 1.17 bits per heavy atom. The largest absolute Gasteiger partial charge is 0.276 e. The number of nitrogens with zero attached hydrogens (tertiary/aromatic N) is 5. The fourth-order valence-corrected chi connectivity index (χ4v) is 8.31. The minimum absolute atomic E-state index is 0.750. The Bertz CT molecular complexity index is 3100. The molecule has 0 saturated carbocycles. The Kier molecular flexibility index (Phi) is 9.10. The second kappa shape index (κ2) is 14.6. The van der Waals surface area contributed by atoms with E-state index in [1.165, 1.54) is 11.1 Å². The van der Waals surface area contributed by atoms with Gasteiger partial charge in [0, 0.05) is 33.0 Å². The summed E-state index contributed by atoms with van der Waals surface area (Å²) in [6.07, 6.45) is 0. The number of aromatic nitrogens is 5. The van der Waals surface area contributed by atoms with E-state index in [9.17, 15) is 0 Å². The van der Waals surface area contributed by atoms with E-state index in [2.05, 4.69) is 186 Å². The molecule has 58 heavy (non-hydrogen) atoms. The van der Waals surface area contributed by atoms with Crippen LogP contribution in [0.3, 0.4) is 0 Å². The second-order valence-corrected chi connectivity index (χ2v) is 16.4. The van der Waals surface area contributed by atoms with Gasteiger partial charge in [0.2, 0.25) is 0 Å². The molecule has 280 valence electrons. The minimum Gasteiger partial charge on any atom is -0.276 e. The predicted molar refractivity (Wildman–Crippen MR) is 240 cm³/mol. The molecule has 0 atom stereocenters. The van der Waals surface area contributed by atoms with Crippen molar-refractivity contribution in [3.8, 4) is 44.5 Å². The number of para-hydroxylation sites is 4. The van der Waals surface area contributed by atoms with Crippen molar-refractivity contribution in [1.82, 2.24) is 15.0 Å². The predicted octanol–water partition coefficient (Wildman–Crippen LogP) is 12.4. The summed E-state index contributed by atoms with van der Waals surface area (Å²) in [5.41, 5.74) is 18.6. The third-order valence-corrected chi connectivity index (χ3v) is 10.8. The minimum atomic E-state index is -0.750. The first-order valence-electron chi connectivity index (χ1n) is 19.0. The third kappa shape index (κ3) is 6.06. The maximum absolute atomic E-state index is 5.80. The topological polar surface area (TPSA) is 49.3 Å². The first-order valence-corrected chi connectivity index (χ1v) is 20.3. The Morgan fingerprint density at radius 2 is 0.776 bits per heavy atom. The fourth-order valence-electron chi connectivity index (χ4n) is 8.31. The van der Waals surface area contributed by atoms with Crippen LogP contribution in [0, 0.1) is 13.8 Å². The molecule has 5 heterocycles. The van der Waals surface area contributed by atoms with Crippen molar-refractivity contribution in [2.24, 2.45) is 0 Å². The smallest absolute Gasteiger partial charge is 0.180 e. The van der Waals surface area contributed by atoms with Gasteiger partial charge in [0.25, 0.3) is 0 Å². The van der Waals surface area contributed by atoms with Gasteiger partial charge >= 0.3 is 0 Å². The molecule has 0 N–H and O–H groups in total. The van der Waals surface area contributed by atoms with Crippen LogP contribution in [-0.2, 0) is 0 Å². The quantitative estimate of drug-likeness (QED) is 0.101. The van der Waals surface area contributed by atoms with Crippen LogP contribution in [0.2, 0.25) is 0 Å². The number of imidazole rings is 2. The van der Waals surface area contributed by atoms with Crippen LogP contribution in [0.25, 0.3) is 99.9 Å². The molecule has 0 aliphatic heterocycles. The van der Waals surface area contributed by atoms with Gasteiger partial charge in [0.15, 0.2) is 4.30 Å². The molecule has 0 saturated heterocycles. The highest BCUT2D eigenvalue weighted by atomic mass is 35.6. The highest BCUT2D eigenvalue weighted by Gasteiger charge is 2.26. The summed E-state index contributed by atoms with van der Waals surface area (Å²) < 4.78 is 3.79. The zero-order chi connectivity index (χ0) is 39.5. The standard InChI is InChI=1S/C49H33N5.CHCl3/c1-30-21-25-34(26-22-30)42-36-29-37-43(35-27-23-31(2)24-28-35)45(33-15-7-4-8-16-33)49-51-39-18-10-12-20-41(39)54(49)47(37)52-46(36)53-40-19-11-9-17-38(40)50-48(53)44(42)32-13-5-3-6-14-32;2-1(3)4/h3-29H,1-2H3;1H. The van der Waals surface area contributed by atoms with Gasteiger partial charge in [0.05, 0.1) is 22.1 Å². The first-order chi connectivity index (χ1) is 28.4. The molecule has 11 rings (SSSR count). The van der Waals surface area contributed by atoms with Crippen LogP contribution in [0.15, 0.2) is 164 Å². The summed E-state index contributed by atoms with van der Waals surface area (Å²) >= 11 is 14.4. The zero-order valence-corrected chi connectivity index (χ0v) is 33.8. The normalized spacial score (nSPS) is 11.7. The van der Waals surface area contributed by atoms with Crippen molar-refractivity contribution in [3.05, 3.63) is 175 Å². The molecule has 0 fully saturated rings. The number of aryl methyl sites for hydroxylation is 2. The van der Waals surface area contributed by atoms with Crippen molar-refractivity contribution in [1.29, 1.82) is 0 Å². The van der Waals surface area contributed by atoms with Crippen molar-refractivity contribution >= 4 is 90.2 Å². The maximum Gasteiger partial charge on any atom is 0.180 e. The fraction of sp³-hybridized carbons (Fsp3) is 0.0600. The number of hydrogen-bond donors (Lipinski definition) is 0. The molecular weight excluding hydrogens is 777 g/mol. The molecule has 0 unspecified atom stereocenters. The Labute approximate surface area is 349 Å². The number of benzene rings is 6. The Morgan fingerprint density at radius 1 is 0.431 bits per heavy atom. The lowest BCUT2D eigenvalue weighted by Crippen LogP contribution is -2.28. The van der Waals surface area contributed by atoms with E-state index in [-0.39, 0.29) is 0 Å². The van der Waals surface area contributed by atoms with Crippen molar-refractivity contribution < 1.29 is 8.80 Å². The number of rotatable bonds is 4. The summed E-state index contributed by atoms with van der Waals surface area (Å²) in [5.74, 6) is 0. The van der Waals surface area contributed by atoms with E-state index in [0.29, 0.717) is 0 Å². The molecule has 11 aromatic rings. The lowest BCUT2D eigenvalue weighted by Gasteiger charge is -2.20. The summed E-state index contributed by atoms with van der Waals surface area (Å²) in [6.45, 7) is 4.28. The molecule has 5 nitrogen and oxygen atoms in total. The summed E-state index contributed by atoms with van der Waals surface area (Å²) in [5, 5.41) is 2.11. The van der Waals surface area contributed by atoms with E-state index in [4.69, 9.17) is 49.8 Å². The highest BCUT2D eigenvalue weighted by molar-refractivity contribution is 6.63. The number of fused-ring (bicyclic) bond motifs is 10. The molecule has 0 bridgehead atoms. The molecule has 5 aromatic heterocycles. The summed E-state index contributed by atoms with van der Waals surface area (Å²) in [4.78, 5) is 16.5. The molecular formula is C50H34Cl3N5. The monoisotopic (exact) mass is 809 g/mol. The van der Waals surface area contributed by atoms with E-state index in [1.54, 1.807) is 0 Å². The van der Waals surface area contributed by atoms with Crippen LogP contribution >= 0.6 is 34.8 Å². The average Bonchev–Trinajstić information content (AvgIpc) is 3.83. The van der Waals surface area contributed by atoms with Crippen molar-refractivity contribution in [2.45, 2.75) is 18.1 Å². The van der Waals surface area contributed by atoms with Crippen LogP contribution < -0.4 is 18.8 Å². The van der Waals surface area contributed by atoms with Gasteiger partial charge in [-0.15, -0.1) is 0 Å². The zero-order valence-electron chi connectivity index (χ0n) is 31.5. The van der Waals surface area contributed by atoms with E-state index in [1.807, 2.05) is 0 Å². The van der Waals surface area contributed by atoms with Gasteiger partial charge in [0.1, 0.15) is 22.6 Å². The number of alkyl halides is 3. The summed E-state index contributed by atoms with van der Waals surface area (Å²) in [7, 11) is 0. The van der Waals surface area contributed by atoms with Crippen molar-refractivity contribution in [3.63, 3.8) is 0 Å². The van der Waals surface area contributed by atoms with Gasteiger partial charge in [-0.2, -0.15) is 0 Å². The molecule has 0 spiro atoms. The molecule has 0 amide bonds. The van der Waals surface area contributed by atoms with E-state index < -0.39 is 4.30 Å². The van der Waals surface area contributed by atoms with Gasteiger partial charge in [-0.05, 0) is 66.4 Å². The van der Waals surface area contributed by atoms with Gasteiger partial charge in [-0.1, -0.05) is 179 Å². The van der Waals surface area contributed by atoms with Crippen LogP contribution in [0.5, 0.6) is 0 Å². The number of halogens is 3. The number of pyridine rings is 3. The SMILES string of the molecule is Cc1ccc(-c2c(-c3ccccc3)c3[n-]c4ccccc4[n+]3c3nc4c(cc23)c(-c2ccc(C)cc2)c(-c2ccccc2)c2[n-]c3ccccc3[n+]24)cc1.ClC(Cl)Cl. The molecule has 8 heteroatoms. The third-order valence-electron chi connectivity index (χ3n) is 10.8. The Balaban J connectivity index is 0.000000978. The molecule has 0 radical (unpaired) electrons. The van der Waals surface area contributed by atoms with Crippen LogP contribution in [0.4, 0.5) is 0 Å².